The second-order valence-corrected chi connectivity index (χ2v) is 6.88. The molecule has 2 nitrogen and oxygen atoms in total. The van der Waals surface area contributed by atoms with E-state index in [4.69, 9.17) is 0 Å². The Balaban J connectivity index is 1.94. The summed E-state index contributed by atoms with van der Waals surface area (Å²) in [5.41, 5.74) is 2.60. The molecule has 1 atom stereocenters. The Morgan fingerprint density at radius 3 is 2.84 bits per heavy atom. The van der Waals surface area contributed by atoms with Gasteiger partial charge in [-0.25, -0.2) is 0 Å². The van der Waals surface area contributed by atoms with Gasteiger partial charge in [-0.3, -0.25) is 4.98 Å². The fourth-order valence-electron chi connectivity index (χ4n) is 2.65. The lowest BCUT2D eigenvalue weighted by atomic mass is 10.1. The Morgan fingerprint density at radius 2 is 2.16 bits per heavy atom. The summed E-state index contributed by atoms with van der Waals surface area (Å²) in [5.74, 6) is 1.18. The molecule has 0 bridgehead atoms. The summed E-state index contributed by atoms with van der Waals surface area (Å²) in [6.45, 7) is 5.43. The van der Waals surface area contributed by atoms with E-state index in [1.54, 1.807) is 0 Å². The molecule has 0 saturated heterocycles. The summed E-state index contributed by atoms with van der Waals surface area (Å²) in [4.78, 5) is 4.34. The van der Waals surface area contributed by atoms with Gasteiger partial charge in [0.15, 0.2) is 0 Å². The fourth-order valence-corrected chi connectivity index (χ4v) is 4.09. The normalized spacial score (nSPS) is 17.8. The molecule has 0 aliphatic heterocycles. The number of hydrogen-bond acceptors (Lipinski definition) is 3. The van der Waals surface area contributed by atoms with Crippen molar-refractivity contribution in [2.75, 3.05) is 12.3 Å². The largest absolute Gasteiger partial charge is 0.309 e. The topological polar surface area (TPSA) is 24.9 Å². The Labute approximate surface area is 121 Å². The lowest BCUT2D eigenvalue weighted by Crippen LogP contribution is -2.25. The maximum absolute atomic E-state index is 4.34. The minimum absolute atomic E-state index is 0.456. The van der Waals surface area contributed by atoms with Gasteiger partial charge in [-0.2, -0.15) is 11.8 Å². The maximum Gasteiger partial charge on any atom is 0.0427 e. The minimum Gasteiger partial charge on any atom is -0.309 e. The molecule has 1 saturated carbocycles. The zero-order chi connectivity index (χ0) is 13.5. The van der Waals surface area contributed by atoms with E-state index in [1.807, 2.05) is 12.4 Å². The average molecular weight is 278 g/mol. The van der Waals surface area contributed by atoms with Gasteiger partial charge in [0, 0.05) is 29.4 Å². The van der Waals surface area contributed by atoms with Crippen LogP contribution in [-0.4, -0.2) is 22.5 Å². The molecule has 0 spiro atoms. The Bertz CT molecular complexity index is 375. The second kappa shape index (κ2) is 7.91. The zero-order valence-electron chi connectivity index (χ0n) is 12.2. The number of thioether (sulfide) groups is 1. The van der Waals surface area contributed by atoms with Crippen molar-refractivity contribution in [3.63, 3.8) is 0 Å². The minimum atomic E-state index is 0.456. The van der Waals surface area contributed by atoms with Crippen LogP contribution in [-0.2, 0) is 0 Å². The quantitative estimate of drug-likeness (QED) is 0.812. The molecule has 3 heteroatoms. The highest BCUT2D eigenvalue weighted by Gasteiger charge is 2.18. The van der Waals surface area contributed by atoms with Crippen LogP contribution in [0, 0.1) is 6.92 Å². The van der Waals surface area contributed by atoms with Gasteiger partial charge in [0.25, 0.3) is 0 Å². The van der Waals surface area contributed by atoms with Gasteiger partial charge in [-0.15, -0.1) is 0 Å². The van der Waals surface area contributed by atoms with E-state index in [0.717, 1.165) is 11.8 Å². The number of aromatic nitrogens is 1. The molecule has 1 fully saturated rings. The first-order valence-electron chi connectivity index (χ1n) is 7.56. The molecule has 19 heavy (non-hydrogen) atoms. The van der Waals surface area contributed by atoms with E-state index in [0.29, 0.717) is 6.04 Å². The first-order valence-corrected chi connectivity index (χ1v) is 8.61. The third kappa shape index (κ3) is 4.81. The fraction of sp³-hybridized carbons (Fsp3) is 0.688. The summed E-state index contributed by atoms with van der Waals surface area (Å²) >= 11 is 2.15. The summed E-state index contributed by atoms with van der Waals surface area (Å²) < 4.78 is 0. The zero-order valence-corrected chi connectivity index (χ0v) is 13.0. The van der Waals surface area contributed by atoms with Crippen LogP contribution in [0.4, 0.5) is 0 Å². The first-order chi connectivity index (χ1) is 9.29. The summed E-state index contributed by atoms with van der Waals surface area (Å²) in [7, 11) is 0. The van der Waals surface area contributed by atoms with Crippen LogP contribution in [0.5, 0.6) is 0 Å². The van der Waals surface area contributed by atoms with E-state index < -0.39 is 0 Å². The summed E-state index contributed by atoms with van der Waals surface area (Å²) in [6.07, 6.45) is 10.8. The van der Waals surface area contributed by atoms with Crippen LogP contribution < -0.4 is 5.32 Å². The van der Waals surface area contributed by atoms with Crippen molar-refractivity contribution in [2.24, 2.45) is 0 Å². The number of aryl methyl sites for hydroxylation is 1. The summed E-state index contributed by atoms with van der Waals surface area (Å²) in [6, 6.07) is 2.73. The second-order valence-electron chi connectivity index (χ2n) is 5.54. The Kier molecular flexibility index (Phi) is 6.18. The Morgan fingerprint density at radius 1 is 1.37 bits per heavy atom. The molecule has 0 amide bonds. The molecule has 1 aliphatic rings. The lowest BCUT2D eigenvalue weighted by Gasteiger charge is -2.20. The van der Waals surface area contributed by atoms with Crippen LogP contribution in [0.15, 0.2) is 18.5 Å². The molecule has 2 rings (SSSR count). The van der Waals surface area contributed by atoms with Crippen LogP contribution in [0.3, 0.4) is 0 Å². The predicted molar refractivity (Wildman–Crippen MR) is 84.7 cm³/mol. The van der Waals surface area contributed by atoms with Gasteiger partial charge in [0.1, 0.15) is 0 Å². The summed E-state index contributed by atoms with van der Waals surface area (Å²) in [5, 5.41) is 4.57. The SMILES string of the molecule is CCCNC(CSC1CCCC1)c1cncc(C)c1. The average Bonchev–Trinajstić information content (AvgIpc) is 2.92. The smallest absolute Gasteiger partial charge is 0.0427 e. The predicted octanol–water partition coefficient (Wildman–Crippen LogP) is 4.11. The lowest BCUT2D eigenvalue weighted by molar-refractivity contribution is 0.574. The van der Waals surface area contributed by atoms with Crippen LogP contribution in [0.1, 0.15) is 56.2 Å². The highest BCUT2D eigenvalue weighted by molar-refractivity contribution is 7.99. The standard InChI is InChI=1S/C16H26N2S/c1-3-8-18-16(12-19-15-6-4-5-7-15)14-9-13(2)10-17-11-14/h9-11,15-16,18H,3-8,12H2,1-2H3. The van der Waals surface area contributed by atoms with Crippen LogP contribution >= 0.6 is 11.8 Å². The van der Waals surface area contributed by atoms with E-state index in [-0.39, 0.29) is 0 Å². The third-order valence-electron chi connectivity index (χ3n) is 3.74. The Hall–Kier alpha value is -0.540. The number of nitrogens with zero attached hydrogens (tertiary/aromatic N) is 1. The van der Waals surface area contributed by atoms with Crippen molar-refractivity contribution in [1.29, 1.82) is 0 Å². The van der Waals surface area contributed by atoms with E-state index in [2.05, 4.69) is 42.0 Å². The van der Waals surface area contributed by atoms with Gasteiger partial charge in [0.2, 0.25) is 0 Å². The molecule has 0 aromatic carbocycles. The highest BCUT2D eigenvalue weighted by Crippen LogP contribution is 2.32. The van der Waals surface area contributed by atoms with Crippen molar-refractivity contribution in [2.45, 2.75) is 57.2 Å². The first kappa shape index (κ1) is 14.9. The van der Waals surface area contributed by atoms with Gasteiger partial charge in [-0.1, -0.05) is 25.8 Å². The molecule has 1 aliphatic carbocycles. The van der Waals surface area contributed by atoms with Crippen molar-refractivity contribution in [1.82, 2.24) is 10.3 Å². The van der Waals surface area contributed by atoms with Crippen molar-refractivity contribution in [3.8, 4) is 0 Å². The van der Waals surface area contributed by atoms with Crippen LogP contribution in [0.25, 0.3) is 0 Å². The highest BCUT2D eigenvalue weighted by atomic mass is 32.2. The number of nitrogens with one attached hydrogen (secondary N) is 1. The number of pyridine rings is 1. The van der Waals surface area contributed by atoms with Crippen molar-refractivity contribution in [3.05, 3.63) is 29.6 Å². The number of rotatable bonds is 7. The van der Waals surface area contributed by atoms with E-state index >= 15 is 0 Å². The monoisotopic (exact) mass is 278 g/mol. The van der Waals surface area contributed by atoms with Crippen molar-refractivity contribution < 1.29 is 0 Å². The molecular formula is C16H26N2S. The number of hydrogen-bond donors (Lipinski definition) is 1. The van der Waals surface area contributed by atoms with Gasteiger partial charge in [0.05, 0.1) is 0 Å². The maximum atomic E-state index is 4.34. The third-order valence-corrected chi connectivity index (χ3v) is 5.21. The van der Waals surface area contributed by atoms with Gasteiger partial charge >= 0.3 is 0 Å². The van der Waals surface area contributed by atoms with Gasteiger partial charge < -0.3 is 5.32 Å². The van der Waals surface area contributed by atoms with E-state index in [1.165, 1.54) is 49.0 Å². The molecule has 1 heterocycles. The van der Waals surface area contributed by atoms with Crippen molar-refractivity contribution >= 4 is 11.8 Å². The molecule has 106 valence electrons. The molecule has 1 aromatic heterocycles. The molecule has 1 N–H and O–H groups in total. The molecule has 1 aromatic rings. The molecular weight excluding hydrogens is 252 g/mol. The van der Waals surface area contributed by atoms with Gasteiger partial charge in [-0.05, 0) is 43.9 Å². The molecule has 1 unspecified atom stereocenters. The molecule has 0 radical (unpaired) electrons. The van der Waals surface area contributed by atoms with Crippen LogP contribution in [0.2, 0.25) is 0 Å². The van der Waals surface area contributed by atoms with E-state index in [9.17, 15) is 0 Å².